The van der Waals surface area contributed by atoms with E-state index in [2.05, 4.69) is 10.6 Å². The van der Waals surface area contributed by atoms with Crippen LogP contribution in [-0.4, -0.2) is 19.0 Å². The van der Waals surface area contributed by atoms with Crippen LogP contribution in [0.1, 0.15) is 24.0 Å². The number of carbonyl (C=O) groups excluding carboxylic acids is 1. The van der Waals surface area contributed by atoms with Crippen molar-refractivity contribution in [2.24, 2.45) is 5.92 Å². The largest absolute Gasteiger partial charge is 0.489 e. The second-order valence-corrected chi connectivity index (χ2v) is 6.14. The van der Waals surface area contributed by atoms with Gasteiger partial charge < -0.3 is 15.4 Å². The van der Waals surface area contributed by atoms with Gasteiger partial charge in [0, 0.05) is 18.7 Å². The van der Waals surface area contributed by atoms with Crippen LogP contribution in [0.2, 0.25) is 0 Å². The Kier molecular flexibility index (Phi) is 7.76. The second-order valence-electron chi connectivity index (χ2n) is 6.14. The molecule has 0 spiro atoms. The maximum atomic E-state index is 12.3. The van der Waals surface area contributed by atoms with Gasteiger partial charge in [-0.3, -0.25) is 4.79 Å². The molecule has 2 aromatic carbocycles. The Morgan fingerprint density at radius 1 is 1.12 bits per heavy atom. The van der Waals surface area contributed by atoms with Crippen molar-refractivity contribution in [3.8, 4) is 5.75 Å². The summed E-state index contributed by atoms with van der Waals surface area (Å²) in [6.45, 7) is 2.82. The van der Waals surface area contributed by atoms with E-state index in [0.717, 1.165) is 42.8 Å². The molecule has 5 heteroatoms. The topological polar surface area (TPSA) is 50.4 Å². The summed E-state index contributed by atoms with van der Waals surface area (Å²) in [4.78, 5) is 12.3. The van der Waals surface area contributed by atoms with E-state index in [0.29, 0.717) is 13.2 Å². The highest BCUT2D eigenvalue weighted by atomic mass is 35.5. The number of hydrogen-bond acceptors (Lipinski definition) is 3. The highest BCUT2D eigenvalue weighted by Gasteiger charge is 2.20. The van der Waals surface area contributed by atoms with E-state index >= 15 is 0 Å². The minimum absolute atomic E-state index is 0. The van der Waals surface area contributed by atoms with Crippen molar-refractivity contribution in [1.29, 1.82) is 0 Å². The van der Waals surface area contributed by atoms with Gasteiger partial charge in [0.05, 0.1) is 5.92 Å². The zero-order chi connectivity index (χ0) is 16.6. The van der Waals surface area contributed by atoms with Crippen molar-refractivity contribution < 1.29 is 9.53 Å². The summed E-state index contributed by atoms with van der Waals surface area (Å²) < 4.78 is 5.94. The molecule has 0 unspecified atom stereocenters. The van der Waals surface area contributed by atoms with Crippen LogP contribution < -0.4 is 15.4 Å². The van der Waals surface area contributed by atoms with E-state index < -0.39 is 0 Å². The molecule has 134 valence electrons. The first-order valence-corrected chi connectivity index (χ1v) is 8.56. The number of hydrogen-bond donors (Lipinski definition) is 2. The molecule has 1 atom stereocenters. The zero-order valence-electron chi connectivity index (χ0n) is 14.2. The second kappa shape index (κ2) is 10.1. The van der Waals surface area contributed by atoms with Crippen molar-refractivity contribution in [3.63, 3.8) is 0 Å². The smallest absolute Gasteiger partial charge is 0.224 e. The first-order chi connectivity index (χ1) is 11.8. The lowest BCUT2D eigenvalue weighted by Crippen LogP contribution is -2.40. The van der Waals surface area contributed by atoms with E-state index in [1.807, 2.05) is 54.6 Å². The molecule has 4 nitrogen and oxygen atoms in total. The maximum Gasteiger partial charge on any atom is 0.224 e. The lowest BCUT2D eigenvalue weighted by atomic mass is 9.99. The Labute approximate surface area is 155 Å². The molecule has 25 heavy (non-hydrogen) atoms. The van der Waals surface area contributed by atoms with Crippen LogP contribution in [0.15, 0.2) is 54.6 Å². The van der Waals surface area contributed by atoms with E-state index in [-0.39, 0.29) is 24.2 Å². The first-order valence-electron chi connectivity index (χ1n) is 8.56. The fourth-order valence-electron chi connectivity index (χ4n) is 2.93. The van der Waals surface area contributed by atoms with Gasteiger partial charge in [-0.05, 0) is 31.0 Å². The van der Waals surface area contributed by atoms with Gasteiger partial charge in [0.15, 0.2) is 0 Å². The normalized spacial score (nSPS) is 16.6. The molecule has 1 aliphatic heterocycles. The molecule has 1 aliphatic rings. The zero-order valence-corrected chi connectivity index (χ0v) is 15.1. The van der Waals surface area contributed by atoms with Gasteiger partial charge in [-0.15, -0.1) is 12.4 Å². The molecular formula is C20H25ClN2O2. The van der Waals surface area contributed by atoms with E-state index in [1.54, 1.807) is 0 Å². The van der Waals surface area contributed by atoms with Crippen molar-refractivity contribution in [2.45, 2.75) is 26.0 Å². The highest BCUT2D eigenvalue weighted by Crippen LogP contribution is 2.20. The van der Waals surface area contributed by atoms with Crippen LogP contribution in [-0.2, 0) is 17.9 Å². The molecular weight excluding hydrogens is 336 g/mol. The highest BCUT2D eigenvalue weighted by molar-refractivity contribution is 5.85. The average Bonchev–Trinajstić information content (AvgIpc) is 2.66. The molecule has 0 aromatic heterocycles. The van der Waals surface area contributed by atoms with Crippen molar-refractivity contribution in [3.05, 3.63) is 65.7 Å². The summed E-state index contributed by atoms with van der Waals surface area (Å²) in [5.74, 6) is 1.03. The number of piperidine rings is 1. The van der Waals surface area contributed by atoms with Gasteiger partial charge in [-0.2, -0.15) is 0 Å². The first kappa shape index (κ1) is 19.3. The lowest BCUT2D eigenvalue weighted by molar-refractivity contribution is -0.125. The lowest BCUT2D eigenvalue weighted by Gasteiger charge is -2.22. The molecule has 1 fully saturated rings. The minimum Gasteiger partial charge on any atom is -0.489 e. The fraction of sp³-hybridized carbons (Fsp3) is 0.350. The van der Waals surface area contributed by atoms with Crippen molar-refractivity contribution in [1.82, 2.24) is 10.6 Å². The molecule has 0 bridgehead atoms. The Bertz CT molecular complexity index is 658. The Morgan fingerprint density at radius 3 is 2.64 bits per heavy atom. The molecule has 3 rings (SSSR count). The number of para-hydroxylation sites is 1. The third kappa shape index (κ3) is 5.76. The molecule has 1 amide bonds. The van der Waals surface area contributed by atoms with Crippen LogP contribution in [0, 0.1) is 5.92 Å². The van der Waals surface area contributed by atoms with Crippen LogP contribution in [0.3, 0.4) is 0 Å². The summed E-state index contributed by atoms with van der Waals surface area (Å²) in [5, 5.41) is 6.33. The van der Waals surface area contributed by atoms with Gasteiger partial charge >= 0.3 is 0 Å². The number of halogens is 1. The molecule has 1 heterocycles. The molecule has 0 radical (unpaired) electrons. The van der Waals surface area contributed by atoms with Crippen molar-refractivity contribution >= 4 is 18.3 Å². The van der Waals surface area contributed by atoms with Gasteiger partial charge in [0.1, 0.15) is 12.4 Å². The Hall–Kier alpha value is -2.04. The number of amides is 1. The summed E-state index contributed by atoms with van der Waals surface area (Å²) in [5.41, 5.74) is 2.13. The summed E-state index contributed by atoms with van der Waals surface area (Å²) in [7, 11) is 0. The monoisotopic (exact) mass is 360 g/mol. The summed E-state index contributed by atoms with van der Waals surface area (Å²) >= 11 is 0. The van der Waals surface area contributed by atoms with Crippen LogP contribution in [0.5, 0.6) is 5.75 Å². The van der Waals surface area contributed by atoms with Gasteiger partial charge in [-0.25, -0.2) is 0 Å². The third-order valence-corrected chi connectivity index (χ3v) is 4.33. The Balaban J connectivity index is 0.00000225. The number of nitrogens with one attached hydrogen (secondary N) is 2. The SMILES string of the molecule is Cl.O=C(NCc1ccccc1OCc1ccccc1)[C@@H]1CCCNC1. The molecule has 0 aliphatic carbocycles. The van der Waals surface area contributed by atoms with Crippen LogP contribution in [0.25, 0.3) is 0 Å². The predicted octanol–water partition coefficient (Wildman–Crippen LogP) is 3.30. The van der Waals surface area contributed by atoms with E-state index in [9.17, 15) is 4.79 Å². The number of rotatable bonds is 6. The number of carbonyl (C=O) groups is 1. The summed E-state index contributed by atoms with van der Waals surface area (Å²) in [6, 6.07) is 18.0. The molecule has 2 N–H and O–H groups in total. The van der Waals surface area contributed by atoms with Gasteiger partial charge in [0.25, 0.3) is 0 Å². The van der Waals surface area contributed by atoms with Gasteiger partial charge in [0.2, 0.25) is 5.91 Å². The molecule has 0 saturated carbocycles. The fourth-order valence-corrected chi connectivity index (χ4v) is 2.93. The van der Waals surface area contributed by atoms with Crippen LogP contribution >= 0.6 is 12.4 Å². The Morgan fingerprint density at radius 2 is 1.88 bits per heavy atom. The minimum atomic E-state index is 0. The molecule has 2 aromatic rings. The third-order valence-electron chi connectivity index (χ3n) is 4.33. The summed E-state index contributed by atoms with van der Waals surface area (Å²) in [6.07, 6.45) is 2.03. The maximum absolute atomic E-state index is 12.3. The van der Waals surface area contributed by atoms with E-state index in [4.69, 9.17) is 4.74 Å². The quantitative estimate of drug-likeness (QED) is 0.831. The standard InChI is InChI=1S/C20H24N2O2.ClH/c23-20(18-10-6-12-21-13-18)22-14-17-9-4-5-11-19(17)24-15-16-7-2-1-3-8-16;/h1-5,7-9,11,18,21H,6,10,12-15H2,(H,22,23);1H/t18-;/m1./s1. The number of ether oxygens (including phenoxy) is 1. The predicted molar refractivity (Wildman–Crippen MR) is 102 cm³/mol. The van der Waals surface area contributed by atoms with Crippen LogP contribution in [0.4, 0.5) is 0 Å². The van der Waals surface area contributed by atoms with E-state index in [1.165, 1.54) is 0 Å². The molecule has 1 saturated heterocycles. The number of benzene rings is 2. The average molecular weight is 361 g/mol. The van der Waals surface area contributed by atoms with Gasteiger partial charge in [-0.1, -0.05) is 48.5 Å². The van der Waals surface area contributed by atoms with Crippen molar-refractivity contribution in [2.75, 3.05) is 13.1 Å².